The van der Waals surface area contributed by atoms with Crippen molar-refractivity contribution in [2.24, 2.45) is 0 Å². The Morgan fingerprint density at radius 1 is 0.123 bits per heavy atom. The van der Waals surface area contributed by atoms with Gasteiger partial charge >= 0.3 is 75.2 Å². The first-order valence-electron chi connectivity index (χ1n) is 43.7. The number of carboxylic acid groups (broad SMARTS) is 11. The minimum Gasteiger partial charge on any atom is -0.550 e. The number of hydrogen-bond donors (Lipinski definition) is 0. The van der Waals surface area contributed by atoms with Gasteiger partial charge < -0.3 is 109 Å². The molecule has 0 unspecified atom stereocenters. The van der Waals surface area contributed by atoms with E-state index in [4.69, 9.17) is 0 Å². The van der Waals surface area contributed by atoms with Crippen LogP contribution in [0.2, 0.25) is 0 Å². The summed E-state index contributed by atoms with van der Waals surface area (Å²) in [6.07, 6.45) is 61.7. The third-order valence-electron chi connectivity index (χ3n) is 16.3. The fourth-order valence-corrected chi connectivity index (χ4v) is 9.60. The molecule has 0 fully saturated rings. The molecule has 0 aromatic carbocycles. The molecule has 4 radical (unpaired) electrons. The number of carbonyl (C=O) groups is 11. The second-order valence-electron chi connectivity index (χ2n) is 27.9. The Balaban J connectivity index is -0.0000000725. The molecule has 0 rings (SSSR count). The van der Waals surface area contributed by atoms with Crippen LogP contribution in [0.1, 0.15) is 500 Å². The van der Waals surface area contributed by atoms with E-state index >= 15 is 0 Å². The van der Waals surface area contributed by atoms with Gasteiger partial charge in [-0.15, -0.1) is 0 Å². The molecule has 0 heterocycles. The first-order valence-corrected chi connectivity index (χ1v) is 43.7. The molecule has 0 aliphatic carbocycles. The summed E-state index contributed by atoms with van der Waals surface area (Å²) in [6.45, 7) is 23.5. The summed E-state index contributed by atoms with van der Waals surface area (Å²) in [5.41, 5.74) is 0. The van der Waals surface area contributed by atoms with Gasteiger partial charge in [-0.05, 0) is 141 Å². The van der Waals surface area contributed by atoms with Crippen molar-refractivity contribution < 1.29 is 184 Å². The van der Waals surface area contributed by atoms with Crippen LogP contribution in [0.4, 0.5) is 0 Å². The summed E-state index contributed by atoms with van der Waals surface area (Å²) in [5.74, 6) is -10.1. The normalized spacial score (nSPS) is 9.36. The maximum atomic E-state index is 9.92. The first-order chi connectivity index (χ1) is 52.5. The molecular weight excluding hydrogens is 1770 g/mol. The topological polar surface area (TPSA) is 441 Å². The average Bonchev–Trinajstić information content (AvgIpc) is 1.72. The number of carbonyl (C=O) groups excluding carboxylic acids is 11. The Morgan fingerprint density at radius 2 is 0.175 bits per heavy atom. The molecule has 0 amide bonds. The Bertz CT molecular complexity index is 1470. The number of carboxylic acids is 11. The fourth-order valence-electron chi connectivity index (χ4n) is 9.60. The predicted molar refractivity (Wildman–Crippen MR) is 422 cm³/mol. The summed E-state index contributed by atoms with van der Waals surface area (Å²) >= 11 is 0. The molecule has 0 aromatic heterocycles. The molecule has 0 bridgehead atoms. The van der Waals surface area contributed by atoms with Crippen LogP contribution in [0, 0.1) is 0 Å². The van der Waals surface area contributed by atoms with Crippen LogP contribution in [0.3, 0.4) is 0 Å². The average molecular weight is 1940 g/mol. The molecule has 0 atom stereocenters. The van der Waals surface area contributed by atoms with Gasteiger partial charge in [0.1, 0.15) is 0 Å². The van der Waals surface area contributed by atoms with Gasteiger partial charge in [-0.2, -0.15) is 0 Å². The van der Waals surface area contributed by atoms with Crippen LogP contribution in [-0.2, 0) is 128 Å². The SMILES string of the molecule is CCCCCCCC(=O)[O-].CCCCCCCC(=O)[O-].CCCCCCCC(=O)[O-].CCCCCCCC(=O)[O-].CCCCCCCC(=O)[O-].CCCCCCCC(=O)[O-].CCCCCCCC(=O)[O-].CCCCCCCC(=O)[O-].CCCCCCCC(=O)[O-].CCCCCCCC(=O)[O-].CCCCCCCC(=O)[O-].[Co+2].[Ru+3].[Ru+3].[Ru+3]. The molecule has 26 heteroatoms. The van der Waals surface area contributed by atoms with Crippen LogP contribution < -0.4 is 56.2 Å². The zero-order valence-corrected chi connectivity index (χ0v) is 79.8. The third kappa shape index (κ3) is 232. The molecule has 682 valence electrons. The fraction of sp³-hybridized carbons (Fsp3) is 0.875. The first kappa shape index (κ1) is 145. The zero-order valence-electron chi connectivity index (χ0n) is 73.5. The van der Waals surface area contributed by atoms with Crippen molar-refractivity contribution in [1.29, 1.82) is 0 Å². The molecule has 0 aliphatic heterocycles. The maximum Gasteiger partial charge on any atom is 3.00 e. The van der Waals surface area contributed by atoms with Gasteiger partial charge in [0.25, 0.3) is 0 Å². The number of rotatable bonds is 66. The van der Waals surface area contributed by atoms with E-state index in [9.17, 15) is 109 Å². The zero-order chi connectivity index (χ0) is 86.0. The van der Waals surface area contributed by atoms with E-state index in [1.165, 1.54) is 141 Å². The smallest absolute Gasteiger partial charge is 0.550 e. The summed E-state index contributed by atoms with van der Waals surface area (Å²) < 4.78 is 0. The van der Waals surface area contributed by atoms with E-state index in [2.05, 4.69) is 76.2 Å². The molecule has 0 saturated carbocycles. The van der Waals surface area contributed by atoms with E-state index in [0.717, 1.165) is 212 Å². The Morgan fingerprint density at radius 3 is 0.219 bits per heavy atom. The molecule has 0 aliphatic rings. The molecular formula is C88H165CoO22Ru3. The minimum atomic E-state index is -0.920. The number of hydrogen-bond acceptors (Lipinski definition) is 22. The van der Waals surface area contributed by atoms with Crippen LogP contribution in [0.5, 0.6) is 0 Å². The second kappa shape index (κ2) is 141. The van der Waals surface area contributed by atoms with Crippen molar-refractivity contribution in [3.63, 3.8) is 0 Å². The molecule has 0 N–H and O–H groups in total. The van der Waals surface area contributed by atoms with Gasteiger partial charge in [-0.3, -0.25) is 0 Å². The van der Waals surface area contributed by atoms with Crippen LogP contribution >= 0.6 is 0 Å². The maximum absolute atomic E-state index is 9.92. The Labute approximate surface area is 744 Å². The molecule has 0 saturated heterocycles. The summed E-state index contributed by atoms with van der Waals surface area (Å²) in [7, 11) is 0. The molecule has 114 heavy (non-hydrogen) atoms. The van der Waals surface area contributed by atoms with Crippen molar-refractivity contribution in [2.45, 2.75) is 500 Å². The van der Waals surface area contributed by atoms with Crippen molar-refractivity contribution in [3.05, 3.63) is 0 Å². The molecule has 0 aromatic rings. The standard InChI is InChI=1S/11C8H16O2.Co.3Ru/c11*1-2-3-4-5-6-7-8(9)10;;;;/h11*2-7H2,1H3,(H,9,10);;;;/q;;;;;;;;;;;+2;3*+3/p-11. The quantitative estimate of drug-likeness (QED) is 0.0403. The van der Waals surface area contributed by atoms with Gasteiger partial charge in [0.15, 0.2) is 0 Å². The largest absolute Gasteiger partial charge is 3.00 e. The van der Waals surface area contributed by atoms with Crippen molar-refractivity contribution >= 4 is 65.7 Å². The van der Waals surface area contributed by atoms with Crippen LogP contribution in [-0.4, -0.2) is 65.7 Å². The summed E-state index contributed by atoms with van der Waals surface area (Å²) in [6, 6.07) is 0. The Kier molecular flexibility index (Phi) is 180. The third-order valence-corrected chi connectivity index (χ3v) is 16.3. The second-order valence-corrected chi connectivity index (χ2v) is 27.9. The summed E-state index contributed by atoms with van der Waals surface area (Å²) in [4.78, 5) is 109. The number of unbranched alkanes of at least 4 members (excludes halogenated alkanes) is 44. The van der Waals surface area contributed by atoms with E-state index < -0.39 is 65.7 Å². The van der Waals surface area contributed by atoms with Gasteiger partial charge in [0.05, 0.1) is 0 Å². The van der Waals surface area contributed by atoms with Crippen LogP contribution in [0.25, 0.3) is 0 Å². The van der Waals surface area contributed by atoms with Gasteiger partial charge in [-0.1, -0.05) is 359 Å². The monoisotopic (exact) mass is 1940 g/mol. The minimum absolute atomic E-state index is 0. The Hall–Kier alpha value is -3.45. The van der Waals surface area contributed by atoms with Crippen molar-refractivity contribution in [1.82, 2.24) is 0 Å². The van der Waals surface area contributed by atoms with E-state index in [-0.39, 0.29) is 146 Å². The predicted octanol–water partition coefficient (Wildman–Crippen LogP) is 12.1. The van der Waals surface area contributed by atoms with Gasteiger partial charge in [-0.25, -0.2) is 0 Å². The summed E-state index contributed by atoms with van der Waals surface area (Å²) in [5, 5.41) is 109. The molecule has 22 nitrogen and oxygen atoms in total. The van der Waals surface area contributed by atoms with Gasteiger partial charge in [0.2, 0.25) is 0 Å². The van der Waals surface area contributed by atoms with Crippen molar-refractivity contribution in [3.8, 4) is 0 Å². The van der Waals surface area contributed by atoms with Crippen LogP contribution in [0.15, 0.2) is 0 Å². The van der Waals surface area contributed by atoms with E-state index in [0.29, 0.717) is 0 Å². The van der Waals surface area contributed by atoms with E-state index in [1.54, 1.807) is 0 Å². The van der Waals surface area contributed by atoms with E-state index in [1.807, 2.05) is 0 Å². The van der Waals surface area contributed by atoms with Crippen molar-refractivity contribution in [2.75, 3.05) is 0 Å². The number of aliphatic carboxylic acids is 11. The molecule has 0 spiro atoms. The van der Waals surface area contributed by atoms with Gasteiger partial charge in [0, 0.05) is 65.7 Å².